The van der Waals surface area contributed by atoms with Gasteiger partial charge in [0.25, 0.3) is 0 Å². The van der Waals surface area contributed by atoms with Gasteiger partial charge < -0.3 is 10.5 Å². The highest BCUT2D eigenvalue weighted by Gasteiger charge is 2.22. The van der Waals surface area contributed by atoms with E-state index >= 15 is 0 Å². The molecule has 0 fully saturated rings. The molecule has 0 bridgehead atoms. The predicted molar refractivity (Wildman–Crippen MR) is 68.5 cm³/mol. The largest absolute Gasteiger partial charge is 0.461 e. The summed E-state index contributed by atoms with van der Waals surface area (Å²) in [6, 6.07) is 7.95. The van der Waals surface area contributed by atoms with Crippen LogP contribution in [0.2, 0.25) is 0 Å². The number of benzene rings is 1. The molecule has 3 nitrogen and oxygen atoms in total. The van der Waals surface area contributed by atoms with Gasteiger partial charge in [-0.15, -0.1) is 0 Å². The third kappa shape index (κ3) is 4.79. The van der Waals surface area contributed by atoms with Gasteiger partial charge in [0.1, 0.15) is 6.61 Å². The second-order valence-electron chi connectivity index (χ2n) is 4.08. The van der Waals surface area contributed by atoms with Crippen molar-refractivity contribution < 1.29 is 22.7 Å². The highest BCUT2D eigenvalue weighted by atomic mass is 19.2. The summed E-state index contributed by atoms with van der Waals surface area (Å²) >= 11 is 0. The minimum absolute atomic E-state index is 0.253. The molecule has 0 aromatic heterocycles. The van der Waals surface area contributed by atoms with E-state index in [-0.39, 0.29) is 5.56 Å². The Balaban J connectivity index is 2.70. The van der Waals surface area contributed by atoms with Crippen LogP contribution in [-0.4, -0.2) is 12.6 Å². The fourth-order valence-corrected chi connectivity index (χ4v) is 1.52. The molecule has 0 saturated heterocycles. The number of nitrogens with two attached hydrogens (primary N) is 1. The van der Waals surface area contributed by atoms with Crippen molar-refractivity contribution >= 4 is 5.97 Å². The first-order chi connectivity index (χ1) is 9.41. The maximum atomic E-state index is 13.4. The molecule has 0 heterocycles. The van der Waals surface area contributed by atoms with Crippen molar-refractivity contribution in [2.75, 3.05) is 6.61 Å². The van der Waals surface area contributed by atoms with Gasteiger partial charge in [0.2, 0.25) is 5.95 Å². The first kappa shape index (κ1) is 15.8. The molecule has 1 rings (SSSR count). The third-order valence-corrected chi connectivity index (χ3v) is 2.48. The Labute approximate surface area is 114 Å². The minimum atomic E-state index is -1.56. The van der Waals surface area contributed by atoms with Crippen LogP contribution in [-0.2, 0) is 4.74 Å². The number of rotatable bonds is 6. The van der Waals surface area contributed by atoms with Crippen molar-refractivity contribution in [3.63, 3.8) is 0 Å². The summed E-state index contributed by atoms with van der Waals surface area (Å²) in [4.78, 5) is 11.6. The van der Waals surface area contributed by atoms with Gasteiger partial charge in [0, 0.05) is 6.42 Å². The van der Waals surface area contributed by atoms with Gasteiger partial charge in [-0.1, -0.05) is 24.8 Å². The van der Waals surface area contributed by atoms with E-state index in [9.17, 15) is 18.0 Å². The minimum Gasteiger partial charge on any atom is -0.461 e. The second-order valence-corrected chi connectivity index (χ2v) is 4.08. The lowest BCUT2D eigenvalue weighted by Gasteiger charge is -2.14. The van der Waals surface area contributed by atoms with Crippen molar-refractivity contribution in [3.8, 4) is 0 Å². The molecule has 0 amide bonds. The summed E-state index contributed by atoms with van der Waals surface area (Å²) < 4.78 is 43.6. The first-order valence-electron chi connectivity index (χ1n) is 5.78. The van der Waals surface area contributed by atoms with Crippen LogP contribution in [0, 0.1) is 5.92 Å². The van der Waals surface area contributed by atoms with Gasteiger partial charge in [-0.2, -0.15) is 4.39 Å². The number of esters is 1. The van der Waals surface area contributed by atoms with Crippen molar-refractivity contribution in [1.29, 1.82) is 0 Å². The quantitative estimate of drug-likeness (QED) is 0.643. The first-order valence-corrected chi connectivity index (χ1v) is 5.78. The molecule has 2 N–H and O–H groups in total. The van der Waals surface area contributed by atoms with Crippen molar-refractivity contribution in [3.05, 3.63) is 60.1 Å². The topological polar surface area (TPSA) is 52.3 Å². The summed E-state index contributed by atoms with van der Waals surface area (Å²) in [6.45, 7) is 2.43. The molecule has 108 valence electrons. The van der Waals surface area contributed by atoms with Crippen LogP contribution >= 0.6 is 0 Å². The van der Waals surface area contributed by atoms with E-state index in [0.717, 1.165) is 0 Å². The molecule has 6 heteroatoms. The lowest BCUT2D eigenvalue weighted by atomic mass is 10.0. The summed E-state index contributed by atoms with van der Waals surface area (Å²) in [5, 5.41) is 0. The maximum Gasteiger partial charge on any atom is 0.338 e. The lowest BCUT2D eigenvalue weighted by Crippen LogP contribution is -2.17. The number of allylic oxidation sites excluding steroid dienone is 1. The van der Waals surface area contributed by atoms with E-state index in [1.54, 1.807) is 18.2 Å². The van der Waals surface area contributed by atoms with Gasteiger partial charge in [-0.3, -0.25) is 0 Å². The van der Waals surface area contributed by atoms with Crippen LogP contribution in [0.4, 0.5) is 13.2 Å². The molecule has 1 unspecified atom stereocenters. The lowest BCUT2D eigenvalue weighted by molar-refractivity contribution is 0.0442. The normalized spacial score (nSPS) is 13.3. The number of ether oxygens (including phenoxy) is 1. The third-order valence-electron chi connectivity index (χ3n) is 2.48. The van der Waals surface area contributed by atoms with Crippen molar-refractivity contribution in [2.45, 2.75) is 6.42 Å². The van der Waals surface area contributed by atoms with Crippen LogP contribution in [0.1, 0.15) is 16.8 Å². The van der Waals surface area contributed by atoms with Gasteiger partial charge in [-0.05, 0) is 12.1 Å². The molecule has 0 spiro atoms. The summed E-state index contributed by atoms with van der Waals surface area (Å²) in [7, 11) is 0. The molecule has 0 radical (unpaired) electrons. The number of hydrogen-bond acceptors (Lipinski definition) is 3. The van der Waals surface area contributed by atoms with Crippen molar-refractivity contribution in [2.24, 2.45) is 11.7 Å². The van der Waals surface area contributed by atoms with Crippen LogP contribution in [0.3, 0.4) is 0 Å². The Kier molecular flexibility index (Phi) is 5.83. The van der Waals surface area contributed by atoms with Crippen LogP contribution < -0.4 is 5.73 Å². The zero-order valence-corrected chi connectivity index (χ0v) is 10.6. The molecule has 0 aliphatic rings. The maximum absolute atomic E-state index is 13.4. The monoisotopic (exact) mass is 285 g/mol. The molecule has 0 aliphatic heterocycles. The van der Waals surface area contributed by atoms with E-state index in [4.69, 9.17) is 4.74 Å². The molecule has 1 aromatic rings. The summed E-state index contributed by atoms with van der Waals surface area (Å²) in [6.07, 6.45) is -0.515. The number of halogens is 3. The Morgan fingerprint density at radius 3 is 2.35 bits per heavy atom. The highest BCUT2D eigenvalue weighted by molar-refractivity contribution is 5.89. The number of carbonyl (C=O) groups is 1. The van der Waals surface area contributed by atoms with Crippen LogP contribution in [0.25, 0.3) is 0 Å². The fraction of sp³-hybridized carbons (Fsp3) is 0.214. The molecule has 20 heavy (non-hydrogen) atoms. The molecule has 0 aliphatic carbocycles. The smallest absolute Gasteiger partial charge is 0.338 e. The second kappa shape index (κ2) is 7.37. The predicted octanol–water partition coefficient (Wildman–Crippen LogP) is 3.40. The number of carbonyl (C=O) groups excluding carboxylic acids is 1. The standard InChI is InChI=1S/C14H14F3NO2/c1-9(15)7-11(12(16)13(17)18)8-20-14(19)10-5-3-2-4-6-10/h2-6,11H,1,7-8,18H2/b13-12+. The van der Waals surface area contributed by atoms with Crippen LogP contribution in [0.15, 0.2) is 54.5 Å². The summed E-state index contributed by atoms with van der Waals surface area (Å²) in [5.74, 6) is -5.82. The molecule has 0 saturated carbocycles. The fourth-order valence-electron chi connectivity index (χ4n) is 1.52. The van der Waals surface area contributed by atoms with Crippen molar-refractivity contribution in [1.82, 2.24) is 0 Å². The molecular weight excluding hydrogens is 271 g/mol. The molecular formula is C14H14F3NO2. The highest BCUT2D eigenvalue weighted by Crippen LogP contribution is 2.24. The average Bonchev–Trinajstić information content (AvgIpc) is 2.42. The van der Waals surface area contributed by atoms with Gasteiger partial charge in [0.05, 0.1) is 17.3 Å². The zero-order valence-electron chi connectivity index (χ0n) is 10.6. The van der Waals surface area contributed by atoms with Crippen LogP contribution in [0.5, 0.6) is 0 Å². The van der Waals surface area contributed by atoms with E-state index in [0.29, 0.717) is 0 Å². The van der Waals surface area contributed by atoms with E-state index in [1.165, 1.54) is 12.1 Å². The van der Waals surface area contributed by atoms with Gasteiger partial charge in [-0.25, -0.2) is 13.6 Å². The summed E-state index contributed by atoms with van der Waals surface area (Å²) in [5.41, 5.74) is 4.93. The van der Waals surface area contributed by atoms with Gasteiger partial charge in [0.15, 0.2) is 5.83 Å². The number of hydrogen-bond donors (Lipinski definition) is 1. The van der Waals surface area contributed by atoms with E-state index in [2.05, 4.69) is 12.3 Å². The average molecular weight is 285 g/mol. The molecule has 1 atom stereocenters. The Morgan fingerprint density at radius 1 is 1.25 bits per heavy atom. The van der Waals surface area contributed by atoms with E-state index in [1.807, 2.05) is 0 Å². The Hall–Kier alpha value is -2.24. The Morgan fingerprint density at radius 2 is 1.85 bits per heavy atom. The molecule has 1 aromatic carbocycles. The van der Waals surface area contributed by atoms with E-state index < -0.39 is 42.5 Å². The SMILES string of the molecule is C=C(F)CC(COC(=O)c1ccccc1)/C(F)=C(\N)F. The Bertz CT molecular complexity index is 510. The zero-order chi connectivity index (χ0) is 15.1. The van der Waals surface area contributed by atoms with Gasteiger partial charge >= 0.3 is 5.97 Å².